The SMILES string of the molecule is CCOC(=O)c1sc(N2C(=O)C(=O)/C(=C(/O)c3c(C)nc4ccccn34)C2c2ccc(OC)cc2)nc1C. The molecule has 4 heterocycles. The Bertz CT molecular complexity index is 1620. The molecule has 0 saturated carbocycles. The number of aryl methyl sites for hydroxylation is 2. The van der Waals surface area contributed by atoms with Crippen LogP contribution in [-0.2, 0) is 14.3 Å². The standard InChI is InChI=1S/C27H24N4O6S/c1-5-37-26(35)24-15(3)29-27(38-24)31-21(16-9-11-17(36-4)12-10-16)19(23(33)25(31)34)22(32)20-14(2)28-18-8-6-7-13-30(18)20/h6-13,21,32H,5H2,1-4H3/b22-19+. The van der Waals surface area contributed by atoms with Crippen molar-refractivity contribution in [2.75, 3.05) is 18.6 Å². The number of thiazole rings is 1. The van der Waals surface area contributed by atoms with Crippen LogP contribution in [-0.4, -0.2) is 50.9 Å². The quantitative estimate of drug-likeness (QED) is 0.169. The van der Waals surface area contributed by atoms with Crippen LogP contribution >= 0.6 is 11.3 Å². The molecular weight excluding hydrogens is 508 g/mol. The number of aromatic nitrogens is 3. The number of aliphatic hydroxyl groups is 1. The third kappa shape index (κ3) is 4.01. The predicted molar refractivity (Wildman–Crippen MR) is 141 cm³/mol. The third-order valence-electron chi connectivity index (χ3n) is 6.26. The number of imidazole rings is 1. The van der Waals surface area contributed by atoms with Gasteiger partial charge in [-0.25, -0.2) is 14.8 Å². The maximum atomic E-state index is 13.5. The van der Waals surface area contributed by atoms with E-state index in [1.165, 1.54) is 12.0 Å². The zero-order valence-corrected chi connectivity index (χ0v) is 21.9. The van der Waals surface area contributed by atoms with E-state index in [0.29, 0.717) is 34.0 Å². The summed E-state index contributed by atoms with van der Waals surface area (Å²) in [7, 11) is 1.53. The Morgan fingerprint density at radius 3 is 2.50 bits per heavy atom. The molecule has 0 spiro atoms. The van der Waals surface area contributed by atoms with Crippen molar-refractivity contribution in [2.45, 2.75) is 26.8 Å². The van der Waals surface area contributed by atoms with Gasteiger partial charge in [-0.05, 0) is 50.6 Å². The van der Waals surface area contributed by atoms with Crippen LogP contribution in [0.25, 0.3) is 11.4 Å². The molecule has 1 atom stereocenters. The minimum absolute atomic E-state index is 0.112. The van der Waals surface area contributed by atoms with Crippen LogP contribution in [0, 0.1) is 13.8 Å². The van der Waals surface area contributed by atoms with E-state index in [-0.39, 0.29) is 27.9 Å². The number of ether oxygens (including phenoxy) is 2. The minimum Gasteiger partial charge on any atom is -0.505 e. The van der Waals surface area contributed by atoms with Gasteiger partial charge >= 0.3 is 11.9 Å². The molecule has 0 radical (unpaired) electrons. The monoisotopic (exact) mass is 532 g/mol. The average molecular weight is 533 g/mol. The van der Waals surface area contributed by atoms with Crippen molar-refractivity contribution in [3.8, 4) is 5.75 Å². The summed E-state index contributed by atoms with van der Waals surface area (Å²) in [5.74, 6) is -2.09. The van der Waals surface area contributed by atoms with Crippen LogP contribution in [0.2, 0.25) is 0 Å². The number of esters is 1. The number of aliphatic hydroxyl groups excluding tert-OH is 1. The smallest absolute Gasteiger partial charge is 0.350 e. The molecule has 1 aliphatic rings. The number of hydrogen-bond acceptors (Lipinski definition) is 9. The largest absolute Gasteiger partial charge is 0.505 e. The van der Waals surface area contributed by atoms with E-state index in [2.05, 4.69) is 9.97 Å². The van der Waals surface area contributed by atoms with Gasteiger partial charge in [0.2, 0.25) is 0 Å². The number of carbonyl (C=O) groups is 3. The minimum atomic E-state index is -1.02. The Kier molecular flexibility index (Phi) is 6.45. The van der Waals surface area contributed by atoms with Gasteiger partial charge in [0, 0.05) is 6.20 Å². The van der Waals surface area contributed by atoms with Crippen molar-refractivity contribution < 1.29 is 29.0 Å². The Balaban J connectivity index is 1.73. The predicted octanol–water partition coefficient (Wildman–Crippen LogP) is 4.22. The van der Waals surface area contributed by atoms with Gasteiger partial charge in [0.1, 0.15) is 22.0 Å². The van der Waals surface area contributed by atoms with Crippen molar-refractivity contribution in [2.24, 2.45) is 0 Å². The van der Waals surface area contributed by atoms with Crippen LogP contribution in [0.5, 0.6) is 5.75 Å². The Morgan fingerprint density at radius 2 is 1.82 bits per heavy atom. The number of fused-ring (bicyclic) bond motifs is 1. The van der Waals surface area contributed by atoms with E-state index < -0.39 is 23.7 Å². The van der Waals surface area contributed by atoms with E-state index in [1.54, 1.807) is 67.8 Å². The molecule has 194 valence electrons. The first-order valence-electron chi connectivity index (χ1n) is 11.8. The Labute approximate surface area is 221 Å². The molecule has 10 nitrogen and oxygen atoms in total. The zero-order valence-electron chi connectivity index (χ0n) is 21.1. The lowest BCUT2D eigenvalue weighted by molar-refractivity contribution is -0.132. The highest BCUT2D eigenvalue weighted by atomic mass is 32.1. The zero-order chi connectivity index (χ0) is 27.1. The second-order valence-corrected chi connectivity index (χ2v) is 9.53. The van der Waals surface area contributed by atoms with Gasteiger partial charge in [0.15, 0.2) is 10.9 Å². The molecular formula is C27H24N4O6S. The van der Waals surface area contributed by atoms with Gasteiger partial charge in [-0.2, -0.15) is 0 Å². The lowest BCUT2D eigenvalue weighted by Crippen LogP contribution is -2.29. The third-order valence-corrected chi connectivity index (χ3v) is 7.39. The highest BCUT2D eigenvalue weighted by Gasteiger charge is 2.49. The Hall–Kier alpha value is -4.51. The molecule has 38 heavy (non-hydrogen) atoms. The first-order chi connectivity index (χ1) is 18.3. The van der Waals surface area contributed by atoms with Gasteiger partial charge in [0.25, 0.3) is 5.78 Å². The van der Waals surface area contributed by atoms with E-state index in [9.17, 15) is 19.5 Å². The van der Waals surface area contributed by atoms with Crippen molar-refractivity contribution in [1.82, 2.24) is 14.4 Å². The van der Waals surface area contributed by atoms with Crippen LogP contribution in [0.1, 0.15) is 45.3 Å². The van der Waals surface area contributed by atoms with E-state index in [1.807, 2.05) is 6.07 Å². The summed E-state index contributed by atoms with van der Waals surface area (Å²) >= 11 is 0.954. The van der Waals surface area contributed by atoms with E-state index in [4.69, 9.17) is 9.47 Å². The summed E-state index contributed by atoms with van der Waals surface area (Å²) in [4.78, 5) is 49.8. The lowest BCUT2D eigenvalue weighted by Gasteiger charge is -2.23. The molecule has 5 rings (SSSR count). The molecule has 1 aliphatic heterocycles. The van der Waals surface area contributed by atoms with Crippen molar-refractivity contribution in [1.29, 1.82) is 0 Å². The first kappa shape index (κ1) is 25.2. The molecule has 3 aromatic heterocycles. The average Bonchev–Trinajstić information content (AvgIpc) is 3.54. The molecule has 4 aromatic rings. The number of ketones is 1. The molecule has 0 aliphatic carbocycles. The fourth-order valence-corrected chi connectivity index (χ4v) is 5.52. The van der Waals surface area contributed by atoms with Crippen LogP contribution < -0.4 is 9.64 Å². The number of methoxy groups -OCH3 is 1. The van der Waals surface area contributed by atoms with Crippen molar-refractivity contribution >= 4 is 45.5 Å². The molecule has 1 N–H and O–H groups in total. The molecule has 1 saturated heterocycles. The second-order valence-electron chi connectivity index (χ2n) is 8.55. The van der Waals surface area contributed by atoms with Crippen LogP contribution in [0.15, 0.2) is 54.2 Å². The summed E-state index contributed by atoms with van der Waals surface area (Å²) in [6.45, 7) is 5.23. The topological polar surface area (TPSA) is 123 Å². The molecule has 1 fully saturated rings. The summed E-state index contributed by atoms with van der Waals surface area (Å²) < 4.78 is 12.1. The number of pyridine rings is 1. The fraction of sp³-hybridized carbons (Fsp3) is 0.222. The maximum Gasteiger partial charge on any atom is 0.350 e. The second kappa shape index (κ2) is 9.75. The summed E-state index contributed by atoms with van der Waals surface area (Å²) in [6.07, 6.45) is 1.72. The van der Waals surface area contributed by atoms with E-state index >= 15 is 0 Å². The van der Waals surface area contributed by atoms with Gasteiger partial charge in [0.05, 0.1) is 36.7 Å². The molecule has 0 bridgehead atoms. The number of rotatable bonds is 6. The molecule has 1 amide bonds. The molecule has 1 unspecified atom stereocenters. The fourth-order valence-electron chi connectivity index (χ4n) is 4.53. The van der Waals surface area contributed by atoms with Gasteiger partial charge < -0.3 is 14.6 Å². The summed E-state index contributed by atoms with van der Waals surface area (Å²) in [5, 5.41) is 11.7. The number of benzene rings is 1. The normalized spacial score (nSPS) is 16.8. The van der Waals surface area contributed by atoms with Gasteiger partial charge in [-0.15, -0.1) is 0 Å². The van der Waals surface area contributed by atoms with Crippen molar-refractivity contribution in [3.05, 3.63) is 81.8 Å². The Morgan fingerprint density at radius 1 is 1.08 bits per heavy atom. The first-order valence-corrected chi connectivity index (χ1v) is 12.6. The van der Waals surface area contributed by atoms with Crippen molar-refractivity contribution in [3.63, 3.8) is 0 Å². The van der Waals surface area contributed by atoms with Gasteiger partial charge in [-0.3, -0.25) is 18.9 Å². The number of carbonyl (C=O) groups excluding carboxylic acids is 3. The number of Topliss-reactive ketones (excluding diaryl/α,β-unsaturated/α-hetero) is 1. The summed E-state index contributed by atoms with van der Waals surface area (Å²) in [6, 6.07) is 11.2. The number of hydrogen-bond donors (Lipinski definition) is 1. The maximum absolute atomic E-state index is 13.5. The molecule has 11 heteroatoms. The molecule has 1 aromatic carbocycles. The van der Waals surface area contributed by atoms with Crippen LogP contribution in [0.3, 0.4) is 0 Å². The number of amides is 1. The number of anilines is 1. The summed E-state index contributed by atoms with van der Waals surface area (Å²) in [5.41, 5.74) is 2.18. The lowest BCUT2D eigenvalue weighted by atomic mass is 9.96. The number of nitrogens with zero attached hydrogens (tertiary/aromatic N) is 4. The van der Waals surface area contributed by atoms with Gasteiger partial charge in [-0.1, -0.05) is 29.5 Å². The highest BCUT2D eigenvalue weighted by molar-refractivity contribution is 7.17. The van der Waals surface area contributed by atoms with Crippen LogP contribution in [0.4, 0.5) is 5.13 Å². The highest BCUT2D eigenvalue weighted by Crippen LogP contribution is 2.44. The van der Waals surface area contributed by atoms with E-state index in [0.717, 1.165) is 11.3 Å².